The summed E-state index contributed by atoms with van der Waals surface area (Å²) in [4.78, 5) is 15.1. The first-order valence-electron chi connectivity index (χ1n) is 6.96. The zero-order valence-corrected chi connectivity index (χ0v) is 13.3. The fourth-order valence-electron chi connectivity index (χ4n) is 1.94. The lowest BCUT2D eigenvalue weighted by molar-refractivity contribution is -0.128. The van der Waals surface area contributed by atoms with Crippen LogP contribution in [0.15, 0.2) is 23.1 Å². The van der Waals surface area contributed by atoms with Crippen molar-refractivity contribution in [3.05, 3.63) is 18.2 Å². The third kappa shape index (κ3) is 4.96. The van der Waals surface area contributed by atoms with Gasteiger partial charge in [-0.05, 0) is 25.0 Å². The van der Waals surface area contributed by atoms with Gasteiger partial charge in [0.15, 0.2) is 0 Å². The number of nitrogen functional groups attached to an aromatic ring is 1. The molecule has 0 fully saturated rings. The van der Waals surface area contributed by atoms with Crippen molar-refractivity contribution in [2.24, 2.45) is 0 Å². The average molecular weight is 296 g/mol. The molecular formula is C15H24N2O2S. The van der Waals surface area contributed by atoms with E-state index in [0.29, 0.717) is 11.4 Å². The lowest BCUT2D eigenvalue weighted by Crippen LogP contribution is -2.33. The normalized spacial score (nSPS) is 10.3. The van der Waals surface area contributed by atoms with Crippen LogP contribution < -0.4 is 10.5 Å². The van der Waals surface area contributed by atoms with Crippen LogP contribution in [0.3, 0.4) is 0 Å². The number of amides is 1. The third-order valence-electron chi connectivity index (χ3n) is 2.88. The number of nitrogens with zero attached hydrogens (tertiary/aromatic N) is 1. The molecule has 2 N–H and O–H groups in total. The van der Waals surface area contributed by atoms with Gasteiger partial charge in [-0.25, -0.2) is 0 Å². The molecule has 0 aromatic heterocycles. The van der Waals surface area contributed by atoms with Crippen molar-refractivity contribution >= 4 is 23.4 Å². The molecule has 112 valence electrons. The Hall–Kier alpha value is -1.36. The standard InChI is InChI=1S/C15H24N2O2S/c1-4-8-17(9-5-2)15(18)11-20-14-7-6-12(16)10-13(14)19-3/h6-7,10H,4-5,8-9,11,16H2,1-3H3. The number of carbonyl (C=O) groups excluding carboxylic acids is 1. The van der Waals surface area contributed by atoms with Crippen molar-refractivity contribution in [2.75, 3.05) is 31.7 Å². The van der Waals surface area contributed by atoms with E-state index in [9.17, 15) is 4.79 Å². The molecule has 0 spiro atoms. The number of ether oxygens (including phenoxy) is 1. The van der Waals surface area contributed by atoms with Crippen LogP contribution >= 0.6 is 11.8 Å². The average Bonchev–Trinajstić information content (AvgIpc) is 2.45. The molecule has 1 aromatic rings. The van der Waals surface area contributed by atoms with Gasteiger partial charge in [0.2, 0.25) is 5.91 Å². The summed E-state index contributed by atoms with van der Waals surface area (Å²) in [6.07, 6.45) is 1.98. The molecular weight excluding hydrogens is 272 g/mol. The molecule has 0 aliphatic rings. The molecule has 20 heavy (non-hydrogen) atoms. The fraction of sp³-hybridized carbons (Fsp3) is 0.533. The molecule has 0 saturated heterocycles. The maximum atomic E-state index is 12.2. The van der Waals surface area contributed by atoms with Crippen molar-refractivity contribution < 1.29 is 9.53 Å². The Kier molecular flexibility index (Phi) is 7.30. The van der Waals surface area contributed by atoms with Gasteiger partial charge in [-0.3, -0.25) is 4.79 Å². The van der Waals surface area contributed by atoms with Crippen molar-refractivity contribution in [3.63, 3.8) is 0 Å². The second kappa shape index (κ2) is 8.74. The predicted molar refractivity (Wildman–Crippen MR) is 85.3 cm³/mol. The second-order valence-electron chi connectivity index (χ2n) is 4.58. The first-order valence-corrected chi connectivity index (χ1v) is 7.95. The summed E-state index contributed by atoms with van der Waals surface area (Å²) in [6.45, 7) is 5.83. The summed E-state index contributed by atoms with van der Waals surface area (Å²) in [5, 5.41) is 0. The maximum Gasteiger partial charge on any atom is 0.232 e. The minimum atomic E-state index is 0.178. The number of hydrogen-bond donors (Lipinski definition) is 1. The van der Waals surface area contributed by atoms with E-state index in [4.69, 9.17) is 10.5 Å². The minimum absolute atomic E-state index is 0.178. The fourth-order valence-corrected chi connectivity index (χ4v) is 2.85. The molecule has 0 heterocycles. The Morgan fingerprint density at radius 1 is 1.30 bits per heavy atom. The Morgan fingerprint density at radius 3 is 2.50 bits per heavy atom. The lowest BCUT2D eigenvalue weighted by Gasteiger charge is -2.21. The van der Waals surface area contributed by atoms with Crippen molar-refractivity contribution in [2.45, 2.75) is 31.6 Å². The van der Waals surface area contributed by atoms with Crippen LogP contribution in [0.1, 0.15) is 26.7 Å². The van der Waals surface area contributed by atoms with Gasteiger partial charge in [0, 0.05) is 29.7 Å². The van der Waals surface area contributed by atoms with Gasteiger partial charge in [-0.2, -0.15) is 0 Å². The number of nitrogens with two attached hydrogens (primary N) is 1. The van der Waals surface area contributed by atoms with Gasteiger partial charge in [-0.1, -0.05) is 13.8 Å². The highest BCUT2D eigenvalue weighted by atomic mass is 32.2. The van der Waals surface area contributed by atoms with Crippen LogP contribution in [0.5, 0.6) is 5.75 Å². The van der Waals surface area contributed by atoms with Crippen molar-refractivity contribution in [3.8, 4) is 5.75 Å². The number of thioether (sulfide) groups is 1. The molecule has 1 rings (SSSR count). The monoisotopic (exact) mass is 296 g/mol. The van der Waals surface area contributed by atoms with Crippen LogP contribution in [0.2, 0.25) is 0 Å². The topological polar surface area (TPSA) is 55.6 Å². The number of carbonyl (C=O) groups is 1. The van der Waals surface area contributed by atoms with Gasteiger partial charge in [0.1, 0.15) is 5.75 Å². The van der Waals surface area contributed by atoms with E-state index < -0.39 is 0 Å². The highest BCUT2D eigenvalue weighted by Gasteiger charge is 2.13. The summed E-state index contributed by atoms with van der Waals surface area (Å²) >= 11 is 1.50. The minimum Gasteiger partial charge on any atom is -0.496 e. The summed E-state index contributed by atoms with van der Waals surface area (Å²) in [5.41, 5.74) is 6.38. The zero-order chi connectivity index (χ0) is 15.0. The smallest absolute Gasteiger partial charge is 0.232 e. The highest BCUT2D eigenvalue weighted by Crippen LogP contribution is 2.31. The van der Waals surface area contributed by atoms with E-state index in [1.807, 2.05) is 17.0 Å². The lowest BCUT2D eigenvalue weighted by atomic mass is 10.3. The second-order valence-corrected chi connectivity index (χ2v) is 5.60. The SMILES string of the molecule is CCCN(CCC)C(=O)CSc1ccc(N)cc1OC. The highest BCUT2D eigenvalue weighted by molar-refractivity contribution is 8.00. The first-order chi connectivity index (χ1) is 9.62. The van der Waals surface area contributed by atoms with Crippen LogP contribution in [-0.2, 0) is 4.79 Å². The first kappa shape index (κ1) is 16.7. The van der Waals surface area contributed by atoms with E-state index in [1.54, 1.807) is 13.2 Å². The van der Waals surface area contributed by atoms with Crippen LogP contribution in [0, 0.1) is 0 Å². The van der Waals surface area contributed by atoms with Gasteiger partial charge in [-0.15, -0.1) is 11.8 Å². The number of rotatable bonds is 8. The van der Waals surface area contributed by atoms with E-state index >= 15 is 0 Å². The van der Waals surface area contributed by atoms with E-state index in [1.165, 1.54) is 11.8 Å². The van der Waals surface area contributed by atoms with E-state index in [-0.39, 0.29) is 5.91 Å². The molecule has 0 radical (unpaired) electrons. The number of methoxy groups -OCH3 is 1. The van der Waals surface area contributed by atoms with Gasteiger partial charge in [0.25, 0.3) is 0 Å². The molecule has 0 bridgehead atoms. The van der Waals surface area contributed by atoms with Crippen LogP contribution in [-0.4, -0.2) is 36.8 Å². The quantitative estimate of drug-likeness (QED) is 0.592. The summed E-state index contributed by atoms with van der Waals surface area (Å²) in [5.74, 6) is 1.33. The van der Waals surface area contributed by atoms with Crippen LogP contribution in [0.4, 0.5) is 5.69 Å². The van der Waals surface area contributed by atoms with Crippen molar-refractivity contribution in [1.82, 2.24) is 4.90 Å². The Bertz CT molecular complexity index is 432. The largest absolute Gasteiger partial charge is 0.496 e. The molecule has 1 amide bonds. The van der Waals surface area contributed by atoms with E-state index in [2.05, 4.69) is 13.8 Å². The molecule has 0 atom stereocenters. The Balaban J connectivity index is 2.63. The van der Waals surface area contributed by atoms with E-state index in [0.717, 1.165) is 36.6 Å². The molecule has 4 nitrogen and oxygen atoms in total. The summed E-state index contributed by atoms with van der Waals surface area (Å²) < 4.78 is 5.29. The molecule has 0 saturated carbocycles. The molecule has 0 aliphatic carbocycles. The molecule has 5 heteroatoms. The Morgan fingerprint density at radius 2 is 1.95 bits per heavy atom. The zero-order valence-electron chi connectivity index (χ0n) is 12.5. The van der Waals surface area contributed by atoms with Gasteiger partial charge >= 0.3 is 0 Å². The molecule has 0 unspecified atom stereocenters. The molecule has 1 aromatic carbocycles. The Labute approximate surface area is 125 Å². The van der Waals surface area contributed by atoms with Gasteiger partial charge < -0.3 is 15.4 Å². The predicted octanol–water partition coefficient (Wildman–Crippen LogP) is 3.02. The number of hydrogen-bond acceptors (Lipinski definition) is 4. The van der Waals surface area contributed by atoms with Gasteiger partial charge in [0.05, 0.1) is 12.9 Å². The van der Waals surface area contributed by atoms with Crippen LogP contribution in [0.25, 0.3) is 0 Å². The third-order valence-corrected chi connectivity index (χ3v) is 3.92. The maximum absolute atomic E-state index is 12.2. The molecule has 0 aliphatic heterocycles. The number of anilines is 1. The summed E-state index contributed by atoms with van der Waals surface area (Å²) in [6, 6.07) is 5.50. The number of benzene rings is 1. The summed E-state index contributed by atoms with van der Waals surface area (Å²) in [7, 11) is 1.61. The van der Waals surface area contributed by atoms with Crippen molar-refractivity contribution in [1.29, 1.82) is 0 Å².